The van der Waals surface area contributed by atoms with Gasteiger partial charge in [0, 0.05) is 16.6 Å². The molecule has 0 heterocycles. The number of hydrogen-bond acceptors (Lipinski definition) is 4. The number of nitro benzene ring substituents is 1. The molecule has 0 saturated carbocycles. The molecule has 0 radical (unpaired) electrons. The second kappa shape index (κ2) is 7.59. The lowest BCUT2D eigenvalue weighted by atomic mass is 10.1. The van der Waals surface area contributed by atoms with Crippen LogP contribution in [0.5, 0.6) is 0 Å². The maximum atomic E-state index is 12.5. The zero-order valence-electron chi connectivity index (χ0n) is 13.9. The van der Waals surface area contributed by atoms with Gasteiger partial charge in [0.15, 0.2) is 0 Å². The van der Waals surface area contributed by atoms with Gasteiger partial charge in [-0.2, -0.15) is 0 Å². The van der Waals surface area contributed by atoms with Crippen molar-refractivity contribution < 1.29 is 14.5 Å². The lowest BCUT2D eigenvalue weighted by molar-refractivity contribution is -0.384. The Kier molecular flexibility index (Phi) is 6.32. The first kappa shape index (κ1) is 19.2. The molecule has 0 aliphatic carbocycles. The van der Waals surface area contributed by atoms with Crippen molar-refractivity contribution in [2.75, 3.05) is 11.4 Å². The Morgan fingerprint density at radius 1 is 1.43 bits per heavy atom. The van der Waals surface area contributed by atoms with Gasteiger partial charge in [0.1, 0.15) is 11.3 Å². The van der Waals surface area contributed by atoms with Crippen LogP contribution in [0.4, 0.5) is 16.2 Å². The Hall–Kier alpha value is -1.89. The predicted molar refractivity (Wildman–Crippen MR) is 93.9 cm³/mol. The minimum absolute atomic E-state index is 0.116. The lowest BCUT2D eigenvalue weighted by Crippen LogP contribution is -2.37. The Balaban J connectivity index is 3.41. The lowest BCUT2D eigenvalue weighted by Gasteiger charge is -2.27. The molecule has 1 amide bonds. The third-order valence-corrected chi connectivity index (χ3v) is 3.81. The first-order chi connectivity index (χ1) is 10.6. The second-order valence-electron chi connectivity index (χ2n) is 5.96. The summed E-state index contributed by atoms with van der Waals surface area (Å²) in [6, 6.07) is 3.23. The molecule has 0 bridgehead atoms. The van der Waals surface area contributed by atoms with Gasteiger partial charge in [-0.15, -0.1) is 0 Å². The number of nitro groups is 1. The van der Waals surface area contributed by atoms with Gasteiger partial charge in [-0.1, -0.05) is 28.1 Å². The van der Waals surface area contributed by atoms with E-state index in [1.165, 1.54) is 4.90 Å². The fourth-order valence-corrected chi connectivity index (χ4v) is 2.23. The number of benzene rings is 1. The molecule has 126 valence electrons. The normalized spacial score (nSPS) is 11.6. The third-order valence-electron chi connectivity index (χ3n) is 2.95. The SMILES string of the molecule is C/C=C/CN(C(=O)OC(C)(C)C)c1ccc(Br)c(C)c1[N+](=O)[O-]. The summed E-state index contributed by atoms with van der Waals surface area (Å²) in [6.45, 7) is 8.89. The topological polar surface area (TPSA) is 72.7 Å². The minimum atomic E-state index is -0.690. The number of ether oxygens (including phenoxy) is 1. The van der Waals surface area contributed by atoms with Crippen molar-refractivity contribution >= 4 is 33.4 Å². The van der Waals surface area contributed by atoms with Crippen LogP contribution in [-0.2, 0) is 4.74 Å². The number of hydrogen-bond donors (Lipinski definition) is 0. The number of rotatable bonds is 4. The van der Waals surface area contributed by atoms with Gasteiger partial charge in [0.2, 0.25) is 0 Å². The van der Waals surface area contributed by atoms with Crippen LogP contribution in [0.25, 0.3) is 0 Å². The molecule has 0 spiro atoms. The molecule has 1 aromatic rings. The summed E-state index contributed by atoms with van der Waals surface area (Å²) in [5, 5.41) is 11.5. The summed E-state index contributed by atoms with van der Waals surface area (Å²) in [4.78, 5) is 24.7. The number of carbonyl (C=O) groups is 1. The number of nitrogens with zero attached hydrogens (tertiary/aromatic N) is 2. The zero-order valence-corrected chi connectivity index (χ0v) is 15.5. The maximum Gasteiger partial charge on any atom is 0.415 e. The highest BCUT2D eigenvalue weighted by molar-refractivity contribution is 9.10. The predicted octanol–water partition coefficient (Wildman–Crippen LogP) is 4.98. The number of amides is 1. The van der Waals surface area contributed by atoms with Crippen LogP contribution < -0.4 is 4.90 Å². The van der Waals surface area contributed by atoms with Crippen molar-refractivity contribution in [3.63, 3.8) is 0 Å². The Morgan fingerprint density at radius 3 is 2.52 bits per heavy atom. The molecule has 6 nitrogen and oxygen atoms in total. The standard InChI is InChI=1S/C16H21BrN2O4/c1-6-7-10-18(15(20)23-16(3,4)5)13-9-8-12(17)11(2)14(13)19(21)22/h6-9H,10H2,1-5H3/b7-6+. The molecule has 0 saturated heterocycles. The molecule has 1 rings (SSSR count). The number of allylic oxidation sites excluding steroid dienone is 1. The van der Waals surface area contributed by atoms with Crippen molar-refractivity contribution in [3.05, 3.63) is 44.4 Å². The summed E-state index contributed by atoms with van der Waals surface area (Å²) in [5.41, 5.74) is -0.135. The maximum absolute atomic E-state index is 12.5. The number of anilines is 1. The van der Waals surface area contributed by atoms with Gasteiger partial charge in [-0.05, 0) is 46.8 Å². The fraction of sp³-hybridized carbons (Fsp3) is 0.438. The molecular formula is C16H21BrN2O4. The highest BCUT2D eigenvalue weighted by atomic mass is 79.9. The molecule has 0 unspecified atom stereocenters. The van der Waals surface area contributed by atoms with Crippen LogP contribution in [0.2, 0.25) is 0 Å². The number of carbonyl (C=O) groups excluding carboxylic acids is 1. The smallest absolute Gasteiger partial charge is 0.415 e. The van der Waals surface area contributed by atoms with Gasteiger partial charge in [0.25, 0.3) is 5.69 Å². The molecule has 1 aromatic carbocycles. The van der Waals surface area contributed by atoms with Gasteiger partial charge < -0.3 is 4.74 Å². The van der Waals surface area contributed by atoms with Crippen LogP contribution in [0, 0.1) is 17.0 Å². The van der Waals surface area contributed by atoms with E-state index < -0.39 is 16.6 Å². The van der Waals surface area contributed by atoms with E-state index in [0.717, 1.165) is 0 Å². The average molecular weight is 385 g/mol. The largest absolute Gasteiger partial charge is 0.443 e. The van der Waals surface area contributed by atoms with E-state index in [1.54, 1.807) is 52.0 Å². The summed E-state index contributed by atoms with van der Waals surface area (Å²) in [6.07, 6.45) is 2.89. The van der Waals surface area contributed by atoms with Crippen molar-refractivity contribution in [2.45, 2.75) is 40.2 Å². The van der Waals surface area contributed by atoms with Crippen LogP contribution in [-0.4, -0.2) is 23.2 Å². The highest BCUT2D eigenvalue weighted by Gasteiger charge is 2.29. The molecule has 0 aliphatic rings. The first-order valence-electron chi connectivity index (χ1n) is 7.13. The molecule has 0 fully saturated rings. The molecule has 0 atom stereocenters. The average Bonchev–Trinajstić information content (AvgIpc) is 2.40. The van der Waals surface area contributed by atoms with Gasteiger partial charge >= 0.3 is 6.09 Å². The Labute approximate surface area is 144 Å². The molecule has 23 heavy (non-hydrogen) atoms. The molecule has 7 heteroatoms. The monoisotopic (exact) mass is 384 g/mol. The second-order valence-corrected chi connectivity index (χ2v) is 6.81. The summed E-state index contributed by atoms with van der Waals surface area (Å²) in [7, 11) is 0. The van der Waals surface area contributed by atoms with Crippen molar-refractivity contribution in [1.29, 1.82) is 0 Å². The van der Waals surface area contributed by atoms with E-state index in [4.69, 9.17) is 4.74 Å². The summed E-state index contributed by atoms with van der Waals surface area (Å²) < 4.78 is 5.99. The van der Waals surface area contributed by atoms with Crippen molar-refractivity contribution in [3.8, 4) is 0 Å². The fourth-order valence-electron chi connectivity index (χ4n) is 1.91. The van der Waals surface area contributed by atoms with Gasteiger partial charge in [-0.3, -0.25) is 15.0 Å². The molecule has 0 N–H and O–H groups in total. The quantitative estimate of drug-likeness (QED) is 0.416. The summed E-state index contributed by atoms with van der Waals surface area (Å²) in [5.74, 6) is 0. The van der Waals surface area contributed by atoms with Crippen molar-refractivity contribution in [2.24, 2.45) is 0 Å². The first-order valence-corrected chi connectivity index (χ1v) is 7.93. The van der Waals surface area contributed by atoms with E-state index in [9.17, 15) is 14.9 Å². The van der Waals surface area contributed by atoms with E-state index in [-0.39, 0.29) is 17.9 Å². The summed E-state index contributed by atoms with van der Waals surface area (Å²) >= 11 is 3.28. The van der Waals surface area contributed by atoms with Crippen molar-refractivity contribution in [1.82, 2.24) is 0 Å². The third kappa shape index (κ3) is 5.06. The van der Waals surface area contributed by atoms with E-state index in [2.05, 4.69) is 15.9 Å². The van der Waals surface area contributed by atoms with Crippen LogP contribution >= 0.6 is 15.9 Å². The van der Waals surface area contributed by atoms with Crippen LogP contribution in [0.1, 0.15) is 33.3 Å². The van der Waals surface area contributed by atoms with Gasteiger partial charge in [-0.25, -0.2) is 4.79 Å². The zero-order chi connectivity index (χ0) is 17.8. The van der Waals surface area contributed by atoms with E-state index in [0.29, 0.717) is 10.0 Å². The van der Waals surface area contributed by atoms with Gasteiger partial charge in [0.05, 0.1) is 4.92 Å². The van der Waals surface area contributed by atoms with Crippen LogP contribution in [0.15, 0.2) is 28.8 Å². The molecule has 0 aliphatic heterocycles. The van der Waals surface area contributed by atoms with E-state index >= 15 is 0 Å². The number of halogens is 1. The molecular weight excluding hydrogens is 364 g/mol. The Bertz CT molecular complexity index is 636. The highest BCUT2D eigenvalue weighted by Crippen LogP contribution is 2.36. The van der Waals surface area contributed by atoms with Crippen LogP contribution in [0.3, 0.4) is 0 Å². The minimum Gasteiger partial charge on any atom is -0.443 e. The molecule has 0 aromatic heterocycles. The Morgan fingerprint density at radius 2 is 2.04 bits per heavy atom. The van der Waals surface area contributed by atoms with E-state index in [1.807, 2.05) is 6.92 Å².